The van der Waals surface area contributed by atoms with Crippen molar-refractivity contribution in [3.8, 4) is 0 Å². The van der Waals surface area contributed by atoms with Crippen LogP contribution in [0.25, 0.3) is 0 Å². The Morgan fingerprint density at radius 3 is 1.24 bits per heavy atom. The lowest BCUT2D eigenvalue weighted by atomic mass is 10.0. The fourth-order valence-electron chi connectivity index (χ4n) is 7.31. The maximum atomic E-state index is 11.5. The quantitative estimate of drug-likeness (QED) is 0.0122. The minimum Gasteiger partial charge on any atom is -0.748 e. The van der Waals surface area contributed by atoms with Crippen LogP contribution in [0, 0.1) is 0 Å². The van der Waals surface area contributed by atoms with Crippen LogP contribution in [-0.2, 0) is 43.9 Å². The van der Waals surface area contributed by atoms with Gasteiger partial charge in [0.1, 0.15) is 0 Å². The van der Waals surface area contributed by atoms with Crippen molar-refractivity contribution in [3.05, 3.63) is 0 Å². The van der Waals surface area contributed by atoms with Crippen molar-refractivity contribution in [2.24, 2.45) is 0 Å². The van der Waals surface area contributed by atoms with Gasteiger partial charge in [-0.25, -0.2) is 16.8 Å². The highest BCUT2D eigenvalue weighted by molar-refractivity contribution is 7.86. The molecule has 0 heterocycles. The summed E-state index contributed by atoms with van der Waals surface area (Å²) >= 11 is 0. The molecule has 0 aromatic carbocycles. The number of hydrogen-bond donors (Lipinski definition) is 10. The lowest BCUT2D eigenvalue weighted by molar-refractivity contribution is -0.890. The number of nitrogens with zero attached hydrogens (tertiary/aromatic N) is 1. The molecule has 0 aromatic rings. The summed E-state index contributed by atoms with van der Waals surface area (Å²) in [5.41, 5.74) is -5.66. The first-order valence-electron chi connectivity index (χ1n) is 23.8. The van der Waals surface area contributed by atoms with Gasteiger partial charge in [-0.05, 0) is 25.3 Å². The minimum absolute atomic E-state index is 0.0232. The first-order chi connectivity index (χ1) is 31.4. The SMILES string of the molecule is CCCCCCCCCCCCCCCCCC[N+](C)(C)CCC[Si](COC(CO)(CO)NCCS(=O)(=O)[O-])(OCC(CO)(CO)NCCS(=O)(=O)[O-])OCC(CO)(CO)NCCS(=O)(=O)O. The van der Waals surface area contributed by atoms with Crippen LogP contribution in [-0.4, -0.2) is 223 Å². The van der Waals surface area contributed by atoms with E-state index in [0.29, 0.717) is 17.4 Å². The number of hydrogen-bond acceptors (Lipinski definition) is 20. The van der Waals surface area contributed by atoms with Crippen LogP contribution in [0.2, 0.25) is 6.04 Å². The van der Waals surface area contributed by atoms with Crippen LogP contribution >= 0.6 is 0 Å². The molecule has 0 saturated heterocycles. The third-order valence-electron chi connectivity index (χ3n) is 12.0. The Hall–Kier alpha value is -0.573. The molecule has 0 amide bonds. The second-order valence-electron chi connectivity index (χ2n) is 18.7. The van der Waals surface area contributed by atoms with Gasteiger partial charge in [-0.2, -0.15) is 8.42 Å². The van der Waals surface area contributed by atoms with Gasteiger partial charge in [0, 0.05) is 19.6 Å². The highest BCUT2D eigenvalue weighted by atomic mass is 32.2. The van der Waals surface area contributed by atoms with Crippen LogP contribution < -0.4 is 16.0 Å². The number of ether oxygens (including phenoxy) is 1. The van der Waals surface area contributed by atoms with E-state index < -0.39 is 152 Å². The van der Waals surface area contributed by atoms with Crippen molar-refractivity contribution in [1.82, 2.24) is 16.0 Å². The van der Waals surface area contributed by atoms with Crippen LogP contribution in [0.3, 0.4) is 0 Å². The van der Waals surface area contributed by atoms with E-state index in [9.17, 15) is 69.6 Å². The maximum Gasteiger partial charge on any atom is 0.365 e. The summed E-state index contributed by atoms with van der Waals surface area (Å²) in [5.74, 6) is -2.65. The molecular formula is C41H89N4O18S3Si-. The van der Waals surface area contributed by atoms with Crippen molar-refractivity contribution < 1.29 is 87.6 Å². The van der Waals surface area contributed by atoms with Crippen molar-refractivity contribution in [2.45, 2.75) is 139 Å². The third kappa shape index (κ3) is 32.9. The molecule has 0 rings (SSSR count). The minimum atomic E-state index is -4.74. The van der Waals surface area contributed by atoms with Crippen LogP contribution in [0.5, 0.6) is 0 Å². The van der Waals surface area contributed by atoms with Crippen molar-refractivity contribution in [2.75, 3.05) is 123 Å². The largest absolute Gasteiger partial charge is 0.748 e. The van der Waals surface area contributed by atoms with E-state index in [2.05, 4.69) is 22.9 Å². The van der Waals surface area contributed by atoms with E-state index >= 15 is 0 Å². The molecular weight excluding hydrogens is 961 g/mol. The summed E-state index contributed by atoms with van der Waals surface area (Å²) in [6, 6.07) is 0.0232. The molecule has 0 fully saturated rings. The molecule has 1 unspecified atom stereocenters. The van der Waals surface area contributed by atoms with Gasteiger partial charge in [-0.3, -0.25) is 9.87 Å². The molecule has 0 aliphatic rings. The van der Waals surface area contributed by atoms with E-state index in [4.69, 9.17) is 13.6 Å². The summed E-state index contributed by atoms with van der Waals surface area (Å²) in [7, 11) is -14.0. The summed E-state index contributed by atoms with van der Waals surface area (Å²) in [4.78, 5) is 0. The molecule has 0 saturated carbocycles. The second kappa shape index (κ2) is 34.7. The Balaban J connectivity index is 6.29. The zero-order chi connectivity index (χ0) is 51.0. The Bertz CT molecular complexity index is 1450. The summed E-state index contributed by atoms with van der Waals surface area (Å²) in [5, 5.41) is 70.4. The second-order valence-corrected chi connectivity index (χ2v) is 26.5. The fraction of sp³-hybridized carbons (Fsp3) is 1.00. The third-order valence-corrected chi connectivity index (χ3v) is 17.1. The molecule has 0 bridgehead atoms. The standard InChI is InChI=1S/C41H90N4O18S3Si/c1-4-5-6-7-8-9-10-11-12-13-14-15-16-17-18-19-24-45(2,3)25-20-29-67(38-61-41(34-50,35-51)44-23-28-66(58,59)60,62-36-39(30-46,31-47)42-21-26-64(52,53)54)63-37-40(32-48,33-49)43-22-27-65(55,56)57/h42-44,46-51H,4-38H2,1-3H3,(H2-,52,53,54,55,56,57,58,59,60)/p-1. The van der Waals surface area contributed by atoms with Gasteiger partial charge in [0.05, 0.1) is 135 Å². The predicted molar refractivity (Wildman–Crippen MR) is 255 cm³/mol. The lowest BCUT2D eigenvalue weighted by Crippen LogP contribution is -2.64. The smallest absolute Gasteiger partial charge is 0.365 e. The maximum absolute atomic E-state index is 11.5. The highest BCUT2D eigenvalue weighted by Gasteiger charge is 2.47. The van der Waals surface area contributed by atoms with Gasteiger partial charge >= 0.3 is 8.56 Å². The van der Waals surface area contributed by atoms with E-state index in [1.807, 2.05) is 14.1 Å². The fourth-order valence-corrected chi connectivity index (χ4v) is 11.3. The van der Waals surface area contributed by atoms with Gasteiger partial charge in [0.15, 0.2) is 5.72 Å². The van der Waals surface area contributed by atoms with E-state index in [-0.39, 0.29) is 6.04 Å². The first kappa shape index (κ1) is 66.4. The molecule has 0 aromatic heterocycles. The highest BCUT2D eigenvalue weighted by Crippen LogP contribution is 2.25. The molecule has 404 valence electrons. The Morgan fingerprint density at radius 1 is 0.522 bits per heavy atom. The van der Waals surface area contributed by atoms with E-state index in [1.165, 1.54) is 77.0 Å². The van der Waals surface area contributed by atoms with Crippen molar-refractivity contribution >= 4 is 38.9 Å². The van der Waals surface area contributed by atoms with Gasteiger partial charge < -0.3 is 68.5 Å². The topological polar surface area (TPSA) is 354 Å². The first-order valence-corrected chi connectivity index (χ1v) is 30.8. The van der Waals surface area contributed by atoms with E-state index in [1.54, 1.807) is 0 Å². The summed E-state index contributed by atoms with van der Waals surface area (Å²) < 4.78 is 120. The number of quaternary nitrogens is 1. The summed E-state index contributed by atoms with van der Waals surface area (Å²) in [6.07, 6.45) is 19.6. The zero-order valence-electron chi connectivity index (χ0n) is 40.5. The van der Waals surface area contributed by atoms with E-state index in [0.717, 1.165) is 32.2 Å². The van der Waals surface area contributed by atoms with Crippen LogP contribution in [0.1, 0.15) is 116 Å². The van der Waals surface area contributed by atoms with Gasteiger partial charge in [-0.1, -0.05) is 96.8 Å². The van der Waals surface area contributed by atoms with Crippen LogP contribution in [0.4, 0.5) is 0 Å². The average Bonchev–Trinajstić information content (AvgIpc) is 3.26. The molecule has 0 spiro atoms. The number of aliphatic hydroxyl groups is 6. The Morgan fingerprint density at radius 2 is 0.881 bits per heavy atom. The molecule has 26 heteroatoms. The average molecular weight is 1050 g/mol. The molecule has 10 N–H and O–H groups in total. The molecule has 0 aliphatic carbocycles. The molecule has 1 atom stereocenters. The molecule has 0 aliphatic heterocycles. The molecule has 22 nitrogen and oxygen atoms in total. The number of rotatable bonds is 48. The van der Waals surface area contributed by atoms with Gasteiger partial charge in [0.2, 0.25) is 0 Å². The van der Waals surface area contributed by atoms with Crippen molar-refractivity contribution in [3.63, 3.8) is 0 Å². The Labute approximate surface area is 403 Å². The monoisotopic (exact) mass is 1050 g/mol. The van der Waals surface area contributed by atoms with Crippen molar-refractivity contribution in [1.29, 1.82) is 0 Å². The number of aliphatic hydroxyl groups excluding tert-OH is 6. The van der Waals surface area contributed by atoms with Crippen LogP contribution in [0.15, 0.2) is 0 Å². The predicted octanol–water partition coefficient (Wildman–Crippen LogP) is -0.380. The normalized spacial score (nSPS) is 14.5. The molecule has 0 radical (unpaired) electrons. The lowest BCUT2D eigenvalue weighted by Gasteiger charge is -2.42. The number of nitrogens with one attached hydrogen (secondary N) is 3. The Kier molecular flexibility index (Phi) is 34.4. The number of unbranched alkanes of at least 4 members (excludes halogenated alkanes) is 15. The molecule has 67 heavy (non-hydrogen) atoms. The van der Waals surface area contributed by atoms with Gasteiger partial charge in [0.25, 0.3) is 10.1 Å². The van der Waals surface area contributed by atoms with Gasteiger partial charge in [-0.15, -0.1) is 0 Å². The summed E-state index contributed by atoms with van der Waals surface area (Å²) in [6.45, 7) is -4.48. The zero-order valence-corrected chi connectivity index (χ0v) is 44.0.